The van der Waals surface area contributed by atoms with Crippen LogP contribution in [0.1, 0.15) is 48.0 Å². The number of rotatable bonds is 4. The highest BCUT2D eigenvalue weighted by Gasteiger charge is 2.30. The van der Waals surface area contributed by atoms with Gasteiger partial charge in [0, 0.05) is 42.7 Å². The molecule has 36 heavy (non-hydrogen) atoms. The Bertz CT molecular complexity index is 1420. The summed E-state index contributed by atoms with van der Waals surface area (Å²) in [4.78, 5) is 56.9. The van der Waals surface area contributed by atoms with Crippen LogP contribution in [0.4, 0.5) is 0 Å². The number of hydrogen-bond donors (Lipinski definition) is 1. The second-order valence-corrected chi connectivity index (χ2v) is 10.0. The zero-order chi connectivity index (χ0) is 25.2. The van der Waals surface area contributed by atoms with Gasteiger partial charge < -0.3 is 9.80 Å². The summed E-state index contributed by atoms with van der Waals surface area (Å²) in [6.45, 7) is 2.17. The molecular weight excluding hydrogens is 480 g/mol. The molecule has 1 saturated carbocycles. The average Bonchev–Trinajstić information content (AvgIpc) is 2.92. The first-order valence-corrected chi connectivity index (χ1v) is 12.9. The predicted molar refractivity (Wildman–Crippen MR) is 138 cm³/mol. The summed E-state index contributed by atoms with van der Waals surface area (Å²) in [5.41, 5.74) is 0.599. The number of para-hydroxylation sites is 1. The van der Waals surface area contributed by atoms with Gasteiger partial charge in [-0.3, -0.25) is 23.9 Å². The van der Waals surface area contributed by atoms with E-state index in [4.69, 9.17) is 11.6 Å². The van der Waals surface area contributed by atoms with Crippen molar-refractivity contribution in [1.82, 2.24) is 19.4 Å². The number of amides is 2. The Hall–Kier alpha value is -3.39. The third-order valence-electron chi connectivity index (χ3n) is 7.36. The molecule has 0 spiro atoms. The van der Waals surface area contributed by atoms with Gasteiger partial charge in [-0.1, -0.05) is 43.0 Å². The molecule has 1 N–H and O–H groups in total. The van der Waals surface area contributed by atoms with Gasteiger partial charge in [-0.25, -0.2) is 4.79 Å². The number of nitrogens with one attached hydrogen (secondary N) is 1. The van der Waals surface area contributed by atoms with Crippen molar-refractivity contribution in [2.75, 3.05) is 26.2 Å². The van der Waals surface area contributed by atoms with Crippen molar-refractivity contribution in [3.63, 3.8) is 0 Å². The van der Waals surface area contributed by atoms with Crippen molar-refractivity contribution in [2.24, 2.45) is 5.92 Å². The van der Waals surface area contributed by atoms with E-state index in [1.54, 1.807) is 47.4 Å². The lowest BCUT2D eigenvalue weighted by Gasteiger charge is -2.37. The Kier molecular flexibility index (Phi) is 6.96. The topological polar surface area (TPSA) is 95.5 Å². The number of carbonyl (C=O) groups is 2. The normalized spacial score (nSPS) is 16.9. The summed E-state index contributed by atoms with van der Waals surface area (Å²) in [6.07, 6.45) is 5.39. The number of aromatic nitrogens is 2. The van der Waals surface area contributed by atoms with Gasteiger partial charge >= 0.3 is 5.69 Å². The van der Waals surface area contributed by atoms with Crippen LogP contribution >= 0.6 is 11.6 Å². The van der Waals surface area contributed by atoms with Crippen molar-refractivity contribution in [1.29, 1.82) is 0 Å². The van der Waals surface area contributed by atoms with E-state index in [-0.39, 0.29) is 24.3 Å². The summed E-state index contributed by atoms with van der Waals surface area (Å²) < 4.78 is 1.45. The minimum Gasteiger partial charge on any atom is -0.339 e. The van der Waals surface area contributed by atoms with Crippen molar-refractivity contribution in [3.05, 3.63) is 79.5 Å². The highest BCUT2D eigenvalue weighted by Crippen LogP contribution is 2.26. The van der Waals surface area contributed by atoms with Gasteiger partial charge in [0.2, 0.25) is 5.91 Å². The summed E-state index contributed by atoms with van der Waals surface area (Å²) in [7, 11) is 0. The van der Waals surface area contributed by atoms with Gasteiger partial charge in [0.1, 0.15) is 0 Å². The second kappa shape index (κ2) is 10.3. The summed E-state index contributed by atoms with van der Waals surface area (Å²) in [5, 5.41) is 0.831. The molecule has 8 nitrogen and oxygen atoms in total. The number of fused-ring (bicyclic) bond motifs is 1. The van der Waals surface area contributed by atoms with E-state index >= 15 is 0 Å². The van der Waals surface area contributed by atoms with Gasteiger partial charge in [-0.2, -0.15) is 0 Å². The standard InChI is InChI=1S/C27H29ClN4O4/c28-22-11-10-19(16-20(22)17-32-23-9-5-4-8-21(23)24(33)29-27(32)36)26(35)31-14-12-30(13-15-31)25(34)18-6-2-1-3-7-18/h4-5,8-11,16,18H,1-3,6-7,12-15,17H2,(H,29,33,36). The van der Waals surface area contributed by atoms with E-state index < -0.39 is 11.2 Å². The molecular formula is C27H29ClN4O4. The van der Waals surface area contributed by atoms with Gasteiger partial charge in [0.15, 0.2) is 0 Å². The number of carbonyl (C=O) groups excluding carboxylic acids is 2. The van der Waals surface area contributed by atoms with Crippen LogP contribution in [0, 0.1) is 5.92 Å². The molecule has 2 amide bonds. The molecule has 1 saturated heterocycles. The van der Waals surface area contributed by atoms with Crippen molar-refractivity contribution >= 4 is 34.3 Å². The van der Waals surface area contributed by atoms with Gasteiger partial charge in [0.25, 0.3) is 11.5 Å². The largest absolute Gasteiger partial charge is 0.339 e. The number of aromatic amines is 1. The molecule has 0 atom stereocenters. The number of benzene rings is 2. The van der Waals surface area contributed by atoms with Gasteiger partial charge in [-0.05, 0) is 48.7 Å². The fourth-order valence-electron chi connectivity index (χ4n) is 5.32. The van der Waals surface area contributed by atoms with E-state index in [0.29, 0.717) is 53.2 Å². The fourth-order valence-corrected chi connectivity index (χ4v) is 5.50. The molecule has 0 bridgehead atoms. The molecule has 1 aliphatic heterocycles. The number of H-pyrrole nitrogens is 1. The maximum atomic E-state index is 13.3. The number of piperazine rings is 1. The van der Waals surface area contributed by atoms with Crippen LogP contribution in [0.5, 0.6) is 0 Å². The minimum atomic E-state index is -0.537. The predicted octanol–water partition coefficient (Wildman–Crippen LogP) is 3.26. The molecule has 188 valence electrons. The molecule has 5 rings (SSSR count). The van der Waals surface area contributed by atoms with Crippen LogP contribution in [0.15, 0.2) is 52.1 Å². The SMILES string of the molecule is O=C(c1ccc(Cl)c(Cn2c(=O)[nH]c(=O)c3ccccc32)c1)N1CCN(C(=O)C2CCCCC2)CC1. The highest BCUT2D eigenvalue weighted by molar-refractivity contribution is 6.31. The third kappa shape index (κ3) is 4.82. The Morgan fingerprint density at radius 2 is 1.61 bits per heavy atom. The molecule has 9 heteroatoms. The quantitative estimate of drug-likeness (QED) is 0.585. The van der Waals surface area contributed by atoms with E-state index in [9.17, 15) is 19.2 Å². The first-order chi connectivity index (χ1) is 17.4. The van der Waals surface area contributed by atoms with Crippen LogP contribution in [0.2, 0.25) is 5.02 Å². The summed E-state index contributed by atoms with van der Waals surface area (Å²) >= 11 is 6.44. The Labute approximate surface area is 213 Å². The van der Waals surface area contributed by atoms with Gasteiger partial charge in [-0.15, -0.1) is 0 Å². The molecule has 0 radical (unpaired) electrons. The summed E-state index contributed by atoms with van der Waals surface area (Å²) in [6, 6.07) is 11.9. The Morgan fingerprint density at radius 3 is 2.36 bits per heavy atom. The van der Waals surface area contributed by atoms with Crippen molar-refractivity contribution in [3.8, 4) is 0 Å². The smallest absolute Gasteiger partial charge is 0.329 e. The lowest BCUT2D eigenvalue weighted by molar-refractivity contribution is -0.138. The first kappa shape index (κ1) is 24.3. The Morgan fingerprint density at radius 1 is 0.917 bits per heavy atom. The highest BCUT2D eigenvalue weighted by atomic mass is 35.5. The minimum absolute atomic E-state index is 0.111. The lowest BCUT2D eigenvalue weighted by atomic mass is 9.88. The monoisotopic (exact) mass is 508 g/mol. The zero-order valence-corrected chi connectivity index (χ0v) is 20.8. The lowest BCUT2D eigenvalue weighted by Crippen LogP contribution is -2.52. The molecule has 2 aliphatic rings. The fraction of sp³-hybridized carbons (Fsp3) is 0.407. The van der Waals surface area contributed by atoms with Crippen LogP contribution in [-0.4, -0.2) is 57.3 Å². The van der Waals surface area contributed by atoms with Crippen LogP contribution in [-0.2, 0) is 11.3 Å². The first-order valence-electron chi connectivity index (χ1n) is 12.5. The molecule has 1 aliphatic carbocycles. The number of nitrogens with zero attached hydrogens (tertiary/aromatic N) is 3. The number of halogens is 1. The van der Waals surface area contributed by atoms with E-state index in [2.05, 4.69) is 4.98 Å². The molecule has 0 unspecified atom stereocenters. The molecule has 3 aromatic rings. The molecule has 2 heterocycles. The summed E-state index contributed by atoms with van der Waals surface area (Å²) in [5.74, 6) is 0.234. The van der Waals surface area contributed by atoms with Crippen LogP contribution < -0.4 is 11.2 Å². The molecule has 1 aromatic heterocycles. The Balaban J connectivity index is 1.32. The van der Waals surface area contributed by atoms with Crippen molar-refractivity contribution in [2.45, 2.75) is 38.6 Å². The third-order valence-corrected chi connectivity index (χ3v) is 7.73. The number of hydrogen-bond acceptors (Lipinski definition) is 4. The maximum Gasteiger partial charge on any atom is 0.329 e. The molecule has 2 aromatic carbocycles. The van der Waals surface area contributed by atoms with Crippen LogP contribution in [0.3, 0.4) is 0 Å². The maximum absolute atomic E-state index is 13.3. The van der Waals surface area contributed by atoms with E-state index in [1.807, 2.05) is 4.90 Å². The van der Waals surface area contributed by atoms with E-state index in [1.165, 1.54) is 11.0 Å². The average molecular weight is 509 g/mol. The van der Waals surface area contributed by atoms with E-state index in [0.717, 1.165) is 25.7 Å². The second-order valence-electron chi connectivity index (χ2n) is 9.62. The zero-order valence-electron chi connectivity index (χ0n) is 20.0. The van der Waals surface area contributed by atoms with Crippen LogP contribution in [0.25, 0.3) is 10.9 Å². The molecule has 2 fully saturated rings. The van der Waals surface area contributed by atoms with Crippen molar-refractivity contribution < 1.29 is 9.59 Å². The van der Waals surface area contributed by atoms with Gasteiger partial charge in [0.05, 0.1) is 17.4 Å².